The van der Waals surface area contributed by atoms with Crippen LogP contribution in [0.25, 0.3) is 0 Å². The summed E-state index contributed by atoms with van der Waals surface area (Å²) in [5.41, 5.74) is 0. The van der Waals surface area contributed by atoms with Gasteiger partial charge in [-0.2, -0.15) is 0 Å². The SMILES string of the molecule is C=C(Cl)CN1C2CCC1CC(NCCC)C2. The fourth-order valence-electron chi connectivity index (χ4n) is 3.25. The van der Waals surface area contributed by atoms with Gasteiger partial charge in [0.15, 0.2) is 0 Å². The van der Waals surface area contributed by atoms with E-state index in [0.717, 1.165) is 36.2 Å². The molecule has 1 N–H and O–H groups in total. The van der Waals surface area contributed by atoms with Crippen LogP contribution < -0.4 is 5.32 Å². The van der Waals surface area contributed by atoms with Gasteiger partial charge < -0.3 is 5.32 Å². The summed E-state index contributed by atoms with van der Waals surface area (Å²) < 4.78 is 0. The topological polar surface area (TPSA) is 15.3 Å². The van der Waals surface area contributed by atoms with E-state index in [9.17, 15) is 0 Å². The number of hydrogen-bond acceptors (Lipinski definition) is 2. The molecule has 0 saturated carbocycles. The summed E-state index contributed by atoms with van der Waals surface area (Å²) in [4.78, 5) is 2.57. The van der Waals surface area contributed by atoms with Crippen molar-refractivity contribution in [1.82, 2.24) is 10.2 Å². The first-order valence-corrected chi connectivity index (χ1v) is 6.91. The van der Waals surface area contributed by atoms with E-state index in [1.54, 1.807) is 0 Å². The number of halogens is 1. The average Bonchev–Trinajstić information content (AvgIpc) is 2.50. The van der Waals surface area contributed by atoms with Crippen molar-refractivity contribution < 1.29 is 0 Å². The lowest BCUT2D eigenvalue weighted by molar-refractivity contribution is 0.130. The summed E-state index contributed by atoms with van der Waals surface area (Å²) in [6.07, 6.45) is 6.51. The average molecular weight is 243 g/mol. The lowest BCUT2D eigenvalue weighted by atomic mass is 9.97. The molecule has 2 aliphatic rings. The summed E-state index contributed by atoms with van der Waals surface area (Å²) in [5.74, 6) is 0. The zero-order valence-electron chi connectivity index (χ0n) is 10.2. The molecule has 0 aromatic carbocycles. The Bertz CT molecular complexity index is 240. The Morgan fingerprint density at radius 2 is 2.00 bits per heavy atom. The third kappa shape index (κ3) is 2.79. The minimum atomic E-state index is 0.734. The molecule has 0 aromatic heterocycles. The maximum atomic E-state index is 5.94. The molecule has 0 amide bonds. The summed E-state index contributed by atoms with van der Waals surface area (Å²) in [7, 11) is 0. The van der Waals surface area contributed by atoms with Crippen LogP contribution in [0.4, 0.5) is 0 Å². The van der Waals surface area contributed by atoms with E-state index in [-0.39, 0.29) is 0 Å². The van der Waals surface area contributed by atoms with Gasteiger partial charge in [0.25, 0.3) is 0 Å². The minimum Gasteiger partial charge on any atom is -0.314 e. The smallest absolute Gasteiger partial charge is 0.0341 e. The van der Waals surface area contributed by atoms with Gasteiger partial charge in [-0.1, -0.05) is 25.1 Å². The maximum Gasteiger partial charge on any atom is 0.0341 e. The van der Waals surface area contributed by atoms with E-state index < -0.39 is 0 Å². The molecule has 2 aliphatic heterocycles. The molecule has 2 atom stereocenters. The van der Waals surface area contributed by atoms with Crippen molar-refractivity contribution in [1.29, 1.82) is 0 Å². The highest BCUT2D eigenvalue weighted by Crippen LogP contribution is 2.36. The normalized spacial score (nSPS) is 34.2. The Labute approximate surface area is 104 Å². The number of nitrogens with zero attached hydrogens (tertiary/aromatic N) is 1. The molecular formula is C13H23ClN2. The van der Waals surface area contributed by atoms with Gasteiger partial charge in [-0.05, 0) is 38.6 Å². The molecular weight excluding hydrogens is 220 g/mol. The Hall–Kier alpha value is -0.0500. The maximum absolute atomic E-state index is 5.94. The fourth-order valence-corrected chi connectivity index (χ4v) is 3.38. The predicted molar refractivity (Wildman–Crippen MR) is 69.8 cm³/mol. The van der Waals surface area contributed by atoms with Crippen LogP contribution in [-0.2, 0) is 0 Å². The van der Waals surface area contributed by atoms with Gasteiger partial charge in [0, 0.05) is 29.7 Å². The van der Waals surface area contributed by atoms with E-state index in [4.69, 9.17) is 11.6 Å². The van der Waals surface area contributed by atoms with Crippen molar-refractivity contribution in [3.05, 3.63) is 11.6 Å². The van der Waals surface area contributed by atoms with Crippen LogP contribution >= 0.6 is 11.6 Å². The molecule has 16 heavy (non-hydrogen) atoms. The van der Waals surface area contributed by atoms with Gasteiger partial charge in [-0.15, -0.1) is 0 Å². The van der Waals surface area contributed by atoms with Crippen molar-refractivity contribution in [2.24, 2.45) is 0 Å². The number of fused-ring (bicyclic) bond motifs is 2. The highest BCUT2D eigenvalue weighted by Gasteiger charge is 2.40. The Morgan fingerprint density at radius 3 is 2.50 bits per heavy atom. The van der Waals surface area contributed by atoms with Gasteiger partial charge in [0.05, 0.1) is 0 Å². The fraction of sp³-hybridized carbons (Fsp3) is 0.846. The van der Waals surface area contributed by atoms with Crippen LogP contribution in [0.5, 0.6) is 0 Å². The molecule has 2 heterocycles. The van der Waals surface area contributed by atoms with Crippen molar-refractivity contribution in [2.45, 2.75) is 57.2 Å². The number of hydrogen-bond donors (Lipinski definition) is 1. The summed E-state index contributed by atoms with van der Waals surface area (Å²) in [5, 5.41) is 4.45. The molecule has 0 aliphatic carbocycles. The van der Waals surface area contributed by atoms with E-state index in [2.05, 4.69) is 23.7 Å². The molecule has 0 spiro atoms. The first-order valence-electron chi connectivity index (χ1n) is 6.53. The van der Waals surface area contributed by atoms with Crippen molar-refractivity contribution >= 4 is 11.6 Å². The lowest BCUT2D eigenvalue weighted by Gasteiger charge is -2.39. The Morgan fingerprint density at radius 1 is 1.38 bits per heavy atom. The quantitative estimate of drug-likeness (QED) is 0.798. The molecule has 2 nitrogen and oxygen atoms in total. The van der Waals surface area contributed by atoms with Crippen molar-refractivity contribution in [3.63, 3.8) is 0 Å². The molecule has 2 fully saturated rings. The standard InChI is InChI=1S/C13H23ClN2/c1-3-6-15-11-7-12-4-5-13(8-11)16(12)9-10(2)14/h11-13,15H,2-9H2,1H3. The number of rotatable bonds is 5. The molecule has 92 valence electrons. The van der Waals surface area contributed by atoms with Gasteiger partial charge in [0.1, 0.15) is 0 Å². The van der Waals surface area contributed by atoms with E-state index in [1.165, 1.54) is 32.1 Å². The summed E-state index contributed by atoms with van der Waals surface area (Å²) >= 11 is 5.94. The van der Waals surface area contributed by atoms with Gasteiger partial charge in [-0.3, -0.25) is 4.90 Å². The first-order chi connectivity index (χ1) is 7.70. The molecule has 3 heteroatoms. The van der Waals surface area contributed by atoms with Gasteiger partial charge in [0.2, 0.25) is 0 Å². The lowest BCUT2D eigenvalue weighted by Crippen LogP contribution is -2.49. The molecule has 2 saturated heterocycles. The Kier molecular flexibility index (Phi) is 4.28. The number of nitrogens with one attached hydrogen (secondary N) is 1. The molecule has 0 radical (unpaired) electrons. The Balaban J connectivity index is 1.88. The van der Waals surface area contributed by atoms with Gasteiger partial charge in [-0.25, -0.2) is 0 Å². The minimum absolute atomic E-state index is 0.734. The van der Waals surface area contributed by atoms with Crippen molar-refractivity contribution in [2.75, 3.05) is 13.1 Å². The molecule has 2 rings (SSSR count). The molecule has 0 aromatic rings. The number of piperidine rings is 1. The van der Waals surface area contributed by atoms with Crippen LogP contribution in [0, 0.1) is 0 Å². The second kappa shape index (κ2) is 5.52. The summed E-state index contributed by atoms with van der Waals surface area (Å²) in [6.45, 7) is 8.10. The van der Waals surface area contributed by atoms with Crippen LogP contribution in [0.2, 0.25) is 0 Å². The van der Waals surface area contributed by atoms with Crippen LogP contribution in [0.1, 0.15) is 39.0 Å². The van der Waals surface area contributed by atoms with Crippen LogP contribution in [-0.4, -0.2) is 36.1 Å². The van der Waals surface area contributed by atoms with Crippen molar-refractivity contribution in [3.8, 4) is 0 Å². The van der Waals surface area contributed by atoms with E-state index in [0.29, 0.717) is 0 Å². The van der Waals surface area contributed by atoms with E-state index >= 15 is 0 Å². The third-order valence-corrected chi connectivity index (χ3v) is 4.04. The zero-order chi connectivity index (χ0) is 11.5. The van der Waals surface area contributed by atoms with E-state index in [1.807, 2.05) is 0 Å². The van der Waals surface area contributed by atoms with Gasteiger partial charge >= 0.3 is 0 Å². The zero-order valence-corrected chi connectivity index (χ0v) is 11.0. The van der Waals surface area contributed by atoms with Crippen LogP contribution in [0.15, 0.2) is 11.6 Å². The third-order valence-electron chi connectivity index (χ3n) is 3.92. The predicted octanol–water partition coefficient (Wildman–Crippen LogP) is 2.73. The molecule has 2 unspecified atom stereocenters. The highest BCUT2D eigenvalue weighted by atomic mass is 35.5. The first kappa shape index (κ1) is 12.4. The largest absolute Gasteiger partial charge is 0.314 e. The second-order valence-corrected chi connectivity index (χ2v) is 5.73. The monoisotopic (exact) mass is 242 g/mol. The second-order valence-electron chi connectivity index (χ2n) is 5.20. The van der Waals surface area contributed by atoms with Crippen LogP contribution in [0.3, 0.4) is 0 Å². The summed E-state index contributed by atoms with van der Waals surface area (Å²) in [6, 6.07) is 2.21. The highest BCUT2D eigenvalue weighted by molar-refractivity contribution is 6.29. The molecule has 2 bridgehead atoms.